The fourth-order valence-corrected chi connectivity index (χ4v) is 1.72. The van der Waals surface area contributed by atoms with Crippen LogP contribution in [0.3, 0.4) is 0 Å². The van der Waals surface area contributed by atoms with Gasteiger partial charge in [-0.2, -0.15) is 0 Å². The van der Waals surface area contributed by atoms with Crippen molar-refractivity contribution in [2.45, 2.75) is 19.4 Å². The Hall–Kier alpha value is -1.51. The quantitative estimate of drug-likeness (QED) is 0.707. The van der Waals surface area contributed by atoms with Crippen molar-refractivity contribution in [2.24, 2.45) is 0 Å². The van der Waals surface area contributed by atoms with Crippen molar-refractivity contribution >= 4 is 5.91 Å². The Labute approximate surface area is 90.7 Å². The van der Waals surface area contributed by atoms with Gasteiger partial charge in [-0.05, 0) is 6.08 Å². The van der Waals surface area contributed by atoms with Crippen LogP contribution >= 0.6 is 0 Å². The molecule has 0 spiro atoms. The first-order valence-corrected chi connectivity index (χ1v) is 4.97. The van der Waals surface area contributed by atoms with E-state index >= 15 is 0 Å². The molecule has 0 fully saturated rings. The molecule has 1 aliphatic rings. The molecule has 0 aromatic carbocycles. The van der Waals surface area contributed by atoms with E-state index in [9.17, 15) is 4.79 Å². The minimum atomic E-state index is 0.0460. The van der Waals surface area contributed by atoms with E-state index in [1.165, 1.54) is 0 Å². The molecule has 15 heavy (non-hydrogen) atoms. The van der Waals surface area contributed by atoms with Crippen molar-refractivity contribution in [3.63, 3.8) is 0 Å². The number of carbonyl (C=O) groups is 1. The molecule has 0 bridgehead atoms. The van der Waals surface area contributed by atoms with E-state index in [2.05, 4.69) is 13.2 Å². The third-order valence-corrected chi connectivity index (χ3v) is 2.66. The molecule has 0 N–H and O–H groups in total. The lowest BCUT2D eigenvalue weighted by atomic mass is 9.99. The molecule has 1 atom stereocenters. The first kappa shape index (κ1) is 11.6. The van der Waals surface area contributed by atoms with E-state index in [1.54, 1.807) is 31.0 Å². The number of likely N-dealkylation sites (N-methyl/N-ethyl adjacent to an activating group) is 1. The lowest BCUT2D eigenvalue weighted by Gasteiger charge is -2.32. The van der Waals surface area contributed by atoms with Gasteiger partial charge < -0.3 is 9.64 Å². The van der Waals surface area contributed by atoms with E-state index in [-0.39, 0.29) is 11.9 Å². The Morgan fingerprint density at radius 2 is 2.20 bits per heavy atom. The summed E-state index contributed by atoms with van der Waals surface area (Å²) in [6.45, 7) is 9.61. The second-order valence-corrected chi connectivity index (χ2v) is 3.51. The highest BCUT2D eigenvalue weighted by molar-refractivity contribution is 5.74. The van der Waals surface area contributed by atoms with Gasteiger partial charge in [0.25, 0.3) is 0 Å². The molecule has 1 rings (SSSR count). The topological polar surface area (TPSA) is 29.5 Å². The van der Waals surface area contributed by atoms with Gasteiger partial charge in [0.1, 0.15) is 5.76 Å². The van der Waals surface area contributed by atoms with Crippen LogP contribution in [0.2, 0.25) is 0 Å². The molecule has 1 aliphatic heterocycles. The maximum absolute atomic E-state index is 11.3. The highest BCUT2D eigenvalue weighted by Gasteiger charge is 2.25. The number of rotatable bonds is 3. The molecule has 0 saturated heterocycles. The average Bonchev–Trinajstić information content (AvgIpc) is 2.26. The molecule has 0 aromatic rings. The summed E-state index contributed by atoms with van der Waals surface area (Å²) in [5, 5.41) is 0. The molecule has 0 aromatic heterocycles. The molecule has 0 radical (unpaired) electrons. The molecule has 0 saturated carbocycles. The van der Waals surface area contributed by atoms with Crippen LogP contribution < -0.4 is 0 Å². The summed E-state index contributed by atoms with van der Waals surface area (Å²) in [4.78, 5) is 13.0. The minimum Gasteiger partial charge on any atom is -0.493 e. The predicted molar refractivity (Wildman–Crippen MR) is 60.2 cm³/mol. The third-order valence-electron chi connectivity index (χ3n) is 2.66. The maximum Gasteiger partial charge on any atom is 0.219 e. The van der Waals surface area contributed by atoms with Gasteiger partial charge in [-0.15, -0.1) is 0 Å². The maximum atomic E-state index is 11.3. The van der Waals surface area contributed by atoms with Crippen molar-refractivity contribution in [2.75, 3.05) is 13.7 Å². The number of allylic oxidation sites excluding steroid dienone is 1. The fourth-order valence-electron chi connectivity index (χ4n) is 1.72. The van der Waals surface area contributed by atoms with Crippen molar-refractivity contribution in [3.05, 3.63) is 36.6 Å². The van der Waals surface area contributed by atoms with Crippen molar-refractivity contribution in [1.82, 2.24) is 4.90 Å². The molecule has 82 valence electrons. The summed E-state index contributed by atoms with van der Waals surface area (Å²) in [5.74, 6) is 0.777. The largest absolute Gasteiger partial charge is 0.493 e. The van der Waals surface area contributed by atoms with Gasteiger partial charge in [0.05, 0.1) is 12.6 Å². The predicted octanol–water partition coefficient (Wildman–Crippen LogP) is 1.88. The lowest BCUT2D eigenvalue weighted by molar-refractivity contribution is -0.129. The van der Waals surface area contributed by atoms with Crippen LogP contribution in [0, 0.1) is 0 Å². The second kappa shape index (κ2) is 4.82. The Morgan fingerprint density at radius 1 is 1.53 bits per heavy atom. The standard InChI is InChI=1S/C12H17NO2/c1-5-10-11(13(4)9(3)14)7-8-15-12(10)6-2/h5-6,11H,1-2,7-8H2,3-4H3. The van der Waals surface area contributed by atoms with Gasteiger partial charge in [0, 0.05) is 26.0 Å². The minimum absolute atomic E-state index is 0.0460. The van der Waals surface area contributed by atoms with E-state index in [1.807, 2.05) is 0 Å². The molecule has 3 nitrogen and oxygen atoms in total. The van der Waals surface area contributed by atoms with Crippen LogP contribution in [0.4, 0.5) is 0 Å². The number of amides is 1. The summed E-state index contributed by atoms with van der Waals surface area (Å²) < 4.78 is 5.44. The summed E-state index contributed by atoms with van der Waals surface area (Å²) in [6.07, 6.45) is 4.20. The normalized spacial score (nSPS) is 20.5. The fraction of sp³-hybridized carbons (Fsp3) is 0.417. The Morgan fingerprint density at radius 3 is 2.67 bits per heavy atom. The lowest BCUT2D eigenvalue weighted by Crippen LogP contribution is -2.39. The van der Waals surface area contributed by atoms with E-state index in [0.717, 1.165) is 17.8 Å². The van der Waals surface area contributed by atoms with Gasteiger partial charge in [0.2, 0.25) is 5.91 Å². The third kappa shape index (κ3) is 2.29. The monoisotopic (exact) mass is 207 g/mol. The molecular weight excluding hydrogens is 190 g/mol. The van der Waals surface area contributed by atoms with E-state index in [4.69, 9.17) is 4.74 Å². The summed E-state index contributed by atoms with van der Waals surface area (Å²) in [5.41, 5.74) is 0.939. The number of carbonyl (C=O) groups excluding carboxylic acids is 1. The first-order chi connectivity index (χ1) is 7.11. The van der Waals surface area contributed by atoms with E-state index < -0.39 is 0 Å². The van der Waals surface area contributed by atoms with Crippen molar-refractivity contribution in [3.8, 4) is 0 Å². The van der Waals surface area contributed by atoms with Crippen LogP contribution in [0.25, 0.3) is 0 Å². The Kier molecular flexibility index (Phi) is 3.72. The Bertz CT molecular complexity index is 318. The van der Waals surface area contributed by atoms with E-state index in [0.29, 0.717) is 6.61 Å². The zero-order valence-corrected chi connectivity index (χ0v) is 9.32. The average molecular weight is 207 g/mol. The van der Waals surface area contributed by atoms with Gasteiger partial charge >= 0.3 is 0 Å². The number of hydrogen-bond acceptors (Lipinski definition) is 2. The van der Waals surface area contributed by atoms with Gasteiger partial charge in [-0.25, -0.2) is 0 Å². The van der Waals surface area contributed by atoms with Crippen LogP contribution in [-0.4, -0.2) is 30.5 Å². The SMILES string of the molecule is C=CC1=C(C=C)C(N(C)C(C)=O)CCO1. The summed E-state index contributed by atoms with van der Waals surface area (Å²) in [7, 11) is 1.79. The zero-order chi connectivity index (χ0) is 11.4. The zero-order valence-electron chi connectivity index (χ0n) is 9.32. The van der Waals surface area contributed by atoms with Gasteiger partial charge in [-0.1, -0.05) is 19.2 Å². The van der Waals surface area contributed by atoms with Crippen LogP contribution in [-0.2, 0) is 9.53 Å². The van der Waals surface area contributed by atoms with Crippen LogP contribution in [0.5, 0.6) is 0 Å². The number of hydrogen-bond donors (Lipinski definition) is 0. The van der Waals surface area contributed by atoms with Crippen molar-refractivity contribution < 1.29 is 9.53 Å². The second-order valence-electron chi connectivity index (χ2n) is 3.51. The molecule has 1 unspecified atom stereocenters. The van der Waals surface area contributed by atoms with Crippen LogP contribution in [0.15, 0.2) is 36.6 Å². The highest BCUT2D eigenvalue weighted by Crippen LogP contribution is 2.24. The summed E-state index contributed by atoms with van der Waals surface area (Å²) >= 11 is 0. The molecule has 3 heteroatoms. The van der Waals surface area contributed by atoms with Crippen molar-refractivity contribution in [1.29, 1.82) is 0 Å². The van der Waals surface area contributed by atoms with Crippen LogP contribution in [0.1, 0.15) is 13.3 Å². The summed E-state index contributed by atoms with van der Waals surface area (Å²) in [6, 6.07) is 0.0572. The highest BCUT2D eigenvalue weighted by atomic mass is 16.5. The molecule has 1 amide bonds. The van der Waals surface area contributed by atoms with Gasteiger partial charge in [0.15, 0.2) is 0 Å². The molecule has 1 heterocycles. The number of nitrogens with zero attached hydrogens (tertiary/aromatic N) is 1. The smallest absolute Gasteiger partial charge is 0.219 e. The van der Waals surface area contributed by atoms with Gasteiger partial charge in [-0.3, -0.25) is 4.79 Å². The first-order valence-electron chi connectivity index (χ1n) is 4.97. The Balaban J connectivity index is 3.02. The number of ether oxygens (including phenoxy) is 1. The molecular formula is C12H17NO2. The molecule has 0 aliphatic carbocycles.